The van der Waals surface area contributed by atoms with Crippen LogP contribution < -0.4 is 16.4 Å². The summed E-state index contributed by atoms with van der Waals surface area (Å²) in [6.07, 6.45) is 0.363. The second-order valence-electron chi connectivity index (χ2n) is 4.57. The number of hydrogen-bond acceptors (Lipinski definition) is 3. The third-order valence-corrected chi connectivity index (χ3v) is 3.65. The minimum Gasteiger partial charge on any atom is -0.397 e. The van der Waals surface area contributed by atoms with Crippen LogP contribution in [0.1, 0.15) is 5.56 Å². The maximum Gasteiger partial charge on any atom is 0.228 e. The molecule has 0 saturated carbocycles. The molecule has 1 aliphatic heterocycles. The third-order valence-electron chi connectivity index (χ3n) is 3.10. The van der Waals surface area contributed by atoms with Gasteiger partial charge < -0.3 is 16.4 Å². The lowest BCUT2D eigenvalue weighted by Crippen LogP contribution is -2.03. The average Bonchev–Trinajstić information content (AvgIpc) is 2.72. The van der Waals surface area contributed by atoms with Crippen molar-refractivity contribution in [1.82, 2.24) is 0 Å². The van der Waals surface area contributed by atoms with E-state index in [1.807, 2.05) is 0 Å². The fourth-order valence-electron chi connectivity index (χ4n) is 2.14. The number of halogens is 2. The molecule has 0 fully saturated rings. The van der Waals surface area contributed by atoms with Gasteiger partial charge in [0.2, 0.25) is 5.91 Å². The van der Waals surface area contributed by atoms with Crippen LogP contribution in [0.3, 0.4) is 0 Å². The van der Waals surface area contributed by atoms with E-state index < -0.39 is 0 Å². The van der Waals surface area contributed by atoms with E-state index in [0.29, 0.717) is 33.5 Å². The quantitative estimate of drug-likeness (QED) is 0.739. The molecule has 0 saturated heterocycles. The largest absolute Gasteiger partial charge is 0.397 e. The lowest BCUT2D eigenvalue weighted by atomic mass is 10.1. The third kappa shape index (κ3) is 2.40. The van der Waals surface area contributed by atoms with Gasteiger partial charge in [-0.1, -0.05) is 23.2 Å². The second kappa shape index (κ2) is 4.89. The van der Waals surface area contributed by atoms with E-state index in [2.05, 4.69) is 10.6 Å². The van der Waals surface area contributed by atoms with Gasteiger partial charge >= 0.3 is 0 Å². The molecule has 0 radical (unpaired) electrons. The lowest BCUT2D eigenvalue weighted by molar-refractivity contribution is -0.115. The van der Waals surface area contributed by atoms with Crippen LogP contribution in [-0.2, 0) is 11.2 Å². The van der Waals surface area contributed by atoms with Gasteiger partial charge in [0.05, 0.1) is 28.5 Å². The predicted octanol–water partition coefficient (Wildman–Crippen LogP) is 3.81. The summed E-state index contributed by atoms with van der Waals surface area (Å²) in [5, 5.41) is 7.00. The van der Waals surface area contributed by atoms with E-state index in [-0.39, 0.29) is 5.91 Å². The first kappa shape index (κ1) is 13.1. The van der Waals surface area contributed by atoms with Crippen molar-refractivity contribution in [3.8, 4) is 0 Å². The molecule has 0 bridgehead atoms. The van der Waals surface area contributed by atoms with Crippen molar-refractivity contribution in [2.75, 3.05) is 16.4 Å². The van der Waals surface area contributed by atoms with Gasteiger partial charge in [0.1, 0.15) is 0 Å². The minimum atomic E-state index is -0.0268. The summed E-state index contributed by atoms with van der Waals surface area (Å²) >= 11 is 12.0. The van der Waals surface area contributed by atoms with E-state index in [9.17, 15) is 4.79 Å². The van der Waals surface area contributed by atoms with Gasteiger partial charge in [-0.15, -0.1) is 0 Å². The van der Waals surface area contributed by atoms with Gasteiger partial charge in [0.15, 0.2) is 0 Å². The lowest BCUT2D eigenvalue weighted by Gasteiger charge is -2.13. The summed E-state index contributed by atoms with van der Waals surface area (Å²) < 4.78 is 0. The molecule has 20 heavy (non-hydrogen) atoms. The number of carbonyl (C=O) groups is 1. The van der Waals surface area contributed by atoms with Crippen molar-refractivity contribution in [2.45, 2.75) is 6.42 Å². The predicted molar refractivity (Wildman–Crippen MR) is 82.9 cm³/mol. The van der Waals surface area contributed by atoms with Crippen LogP contribution in [0.4, 0.5) is 22.7 Å². The highest BCUT2D eigenvalue weighted by molar-refractivity contribution is 6.36. The fraction of sp³-hybridized carbons (Fsp3) is 0.0714. The number of fused-ring (bicyclic) bond motifs is 1. The number of amides is 1. The Balaban J connectivity index is 1.95. The molecule has 3 rings (SSSR count). The summed E-state index contributed by atoms with van der Waals surface area (Å²) in [5.74, 6) is -0.0268. The van der Waals surface area contributed by atoms with E-state index in [1.165, 1.54) is 0 Å². The molecular formula is C14H11Cl2N3O. The van der Waals surface area contributed by atoms with Gasteiger partial charge in [-0.3, -0.25) is 4.79 Å². The topological polar surface area (TPSA) is 67.2 Å². The van der Waals surface area contributed by atoms with Gasteiger partial charge in [-0.05, 0) is 35.9 Å². The van der Waals surface area contributed by atoms with Crippen molar-refractivity contribution >= 4 is 51.9 Å². The maximum absolute atomic E-state index is 11.4. The molecule has 4 nitrogen and oxygen atoms in total. The molecule has 1 amide bonds. The number of carbonyl (C=O) groups excluding carboxylic acids is 1. The molecular weight excluding hydrogens is 297 g/mol. The van der Waals surface area contributed by atoms with Gasteiger partial charge in [0, 0.05) is 10.7 Å². The minimum absolute atomic E-state index is 0.0268. The summed E-state index contributed by atoms with van der Waals surface area (Å²) in [4.78, 5) is 11.4. The van der Waals surface area contributed by atoms with Crippen molar-refractivity contribution in [3.63, 3.8) is 0 Å². The summed E-state index contributed by atoms with van der Waals surface area (Å²) in [5.41, 5.74) is 9.63. The van der Waals surface area contributed by atoms with Crippen LogP contribution in [0.25, 0.3) is 0 Å². The summed E-state index contributed by atoms with van der Waals surface area (Å²) in [6, 6.07) is 8.76. The molecule has 0 atom stereocenters. The van der Waals surface area contributed by atoms with Crippen molar-refractivity contribution in [2.24, 2.45) is 0 Å². The molecule has 0 aliphatic carbocycles. The van der Waals surface area contributed by atoms with Crippen LogP contribution >= 0.6 is 23.2 Å². The van der Waals surface area contributed by atoms with Crippen LogP contribution in [0.5, 0.6) is 0 Å². The Morgan fingerprint density at radius 2 is 1.95 bits per heavy atom. The van der Waals surface area contributed by atoms with Crippen LogP contribution in [0.2, 0.25) is 10.0 Å². The van der Waals surface area contributed by atoms with E-state index in [1.54, 1.807) is 30.3 Å². The number of hydrogen-bond donors (Lipinski definition) is 3. The molecule has 2 aromatic carbocycles. The number of nitrogen functional groups attached to an aromatic ring is 1. The molecule has 4 N–H and O–H groups in total. The number of nitrogens with two attached hydrogens (primary N) is 1. The highest BCUT2D eigenvalue weighted by Crippen LogP contribution is 2.35. The second-order valence-corrected chi connectivity index (χ2v) is 5.41. The van der Waals surface area contributed by atoms with E-state index >= 15 is 0 Å². The summed E-state index contributed by atoms with van der Waals surface area (Å²) in [6.45, 7) is 0. The smallest absolute Gasteiger partial charge is 0.228 e. The first-order chi connectivity index (χ1) is 9.52. The Morgan fingerprint density at radius 1 is 1.15 bits per heavy atom. The Labute approximate surface area is 125 Å². The Morgan fingerprint density at radius 3 is 2.70 bits per heavy atom. The Hall–Kier alpha value is -1.91. The van der Waals surface area contributed by atoms with Crippen LogP contribution in [-0.4, -0.2) is 5.91 Å². The molecule has 0 unspecified atom stereocenters. The SMILES string of the molecule is Nc1cc2c(cc1Nc1ccc(Cl)cc1Cl)NC(=O)C2. The number of anilines is 4. The highest BCUT2D eigenvalue weighted by Gasteiger charge is 2.19. The monoisotopic (exact) mass is 307 g/mol. The zero-order valence-corrected chi connectivity index (χ0v) is 11.8. The fourth-order valence-corrected chi connectivity index (χ4v) is 2.59. The highest BCUT2D eigenvalue weighted by atomic mass is 35.5. The zero-order chi connectivity index (χ0) is 14.3. The van der Waals surface area contributed by atoms with E-state index in [0.717, 1.165) is 11.3 Å². The number of benzene rings is 2. The van der Waals surface area contributed by atoms with Crippen molar-refractivity contribution < 1.29 is 4.79 Å². The molecule has 1 heterocycles. The Kier molecular flexibility index (Phi) is 3.20. The van der Waals surface area contributed by atoms with E-state index in [4.69, 9.17) is 28.9 Å². The van der Waals surface area contributed by atoms with Gasteiger partial charge in [-0.25, -0.2) is 0 Å². The zero-order valence-electron chi connectivity index (χ0n) is 10.3. The maximum atomic E-state index is 11.4. The number of nitrogens with one attached hydrogen (secondary N) is 2. The molecule has 6 heteroatoms. The van der Waals surface area contributed by atoms with Crippen LogP contribution in [0.15, 0.2) is 30.3 Å². The van der Waals surface area contributed by atoms with Crippen molar-refractivity contribution in [1.29, 1.82) is 0 Å². The van der Waals surface area contributed by atoms with Crippen molar-refractivity contribution in [3.05, 3.63) is 45.9 Å². The average molecular weight is 308 g/mol. The molecule has 102 valence electrons. The van der Waals surface area contributed by atoms with Crippen LogP contribution in [0, 0.1) is 0 Å². The standard InChI is InChI=1S/C14H11Cl2N3O/c15-8-1-2-11(9(16)5-8)18-13-6-12-7(3-10(13)17)4-14(20)19-12/h1-3,5-6,18H,4,17H2,(H,19,20). The summed E-state index contributed by atoms with van der Waals surface area (Å²) in [7, 11) is 0. The first-order valence-electron chi connectivity index (χ1n) is 5.97. The van der Waals surface area contributed by atoms with Gasteiger partial charge in [0.25, 0.3) is 0 Å². The number of rotatable bonds is 2. The molecule has 0 spiro atoms. The molecule has 1 aliphatic rings. The normalized spacial score (nSPS) is 13.0. The van der Waals surface area contributed by atoms with Gasteiger partial charge in [-0.2, -0.15) is 0 Å². The molecule has 2 aromatic rings. The first-order valence-corrected chi connectivity index (χ1v) is 6.73. The Bertz CT molecular complexity index is 716. The molecule has 0 aromatic heterocycles.